The molecule has 27 heavy (non-hydrogen) atoms. The number of aromatic nitrogens is 6. The third kappa shape index (κ3) is 2.40. The molecule has 1 fully saturated rings. The average molecular weight is 385 g/mol. The predicted molar refractivity (Wildman–Crippen MR) is 100 cm³/mol. The van der Waals surface area contributed by atoms with E-state index in [1.54, 1.807) is 48.1 Å². The van der Waals surface area contributed by atoms with Crippen LogP contribution in [0.15, 0.2) is 35.5 Å². The van der Waals surface area contributed by atoms with Crippen LogP contribution in [-0.2, 0) is 11.8 Å². The van der Waals surface area contributed by atoms with Crippen LogP contribution in [0.1, 0.15) is 24.6 Å². The van der Waals surface area contributed by atoms with Gasteiger partial charge in [0.2, 0.25) is 0 Å². The van der Waals surface area contributed by atoms with Crippen LogP contribution in [0.5, 0.6) is 0 Å². The van der Waals surface area contributed by atoms with E-state index in [2.05, 4.69) is 15.3 Å². The van der Waals surface area contributed by atoms with Gasteiger partial charge in [0.05, 0.1) is 22.8 Å². The molecular weight excluding hydrogens is 368 g/mol. The van der Waals surface area contributed by atoms with Crippen molar-refractivity contribution in [1.82, 2.24) is 28.9 Å². The summed E-state index contributed by atoms with van der Waals surface area (Å²) in [5.41, 5.74) is 2.06. The Hall–Kier alpha value is -2.71. The molecule has 0 radical (unpaired) electrons. The minimum atomic E-state index is -0.145. The van der Waals surface area contributed by atoms with Crippen molar-refractivity contribution < 1.29 is 4.74 Å². The van der Waals surface area contributed by atoms with E-state index in [0.717, 1.165) is 24.1 Å². The predicted octanol–water partition coefficient (Wildman–Crippen LogP) is 2.52. The monoisotopic (exact) mass is 384 g/mol. The summed E-state index contributed by atoms with van der Waals surface area (Å²) in [7, 11) is 3.41. The van der Waals surface area contributed by atoms with Gasteiger partial charge in [-0.25, -0.2) is 4.98 Å². The van der Waals surface area contributed by atoms with E-state index >= 15 is 0 Å². The molecule has 0 spiro atoms. The van der Waals surface area contributed by atoms with Gasteiger partial charge in [-0.15, -0.1) is 5.10 Å². The van der Waals surface area contributed by atoms with Crippen LogP contribution in [0.3, 0.4) is 0 Å². The lowest BCUT2D eigenvalue weighted by molar-refractivity contribution is 0.0789. The second-order valence-electron chi connectivity index (χ2n) is 6.85. The zero-order valence-corrected chi connectivity index (χ0v) is 15.6. The Kier molecular flexibility index (Phi) is 3.60. The highest BCUT2D eigenvalue weighted by molar-refractivity contribution is 6.31. The van der Waals surface area contributed by atoms with E-state index in [1.807, 2.05) is 10.5 Å². The zero-order chi connectivity index (χ0) is 18.7. The first-order valence-electron chi connectivity index (χ1n) is 8.69. The van der Waals surface area contributed by atoms with Gasteiger partial charge < -0.3 is 4.74 Å². The lowest BCUT2D eigenvalue weighted by Gasteiger charge is -2.15. The summed E-state index contributed by atoms with van der Waals surface area (Å²) in [6, 6.07) is 5.26. The first-order valence-corrected chi connectivity index (χ1v) is 9.07. The minimum absolute atomic E-state index is 0.0898. The minimum Gasteiger partial charge on any atom is -0.375 e. The van der Waals surface area contributed by atoms with Crippen molar-refractivity contribution in [2.75, 3.05) is 7.11 Å². The summed E-state index contributed by atoms with van der Waals surface area (Å²) in [6.45, 7) is 0. The van der Waals surface area contributed by atoms with Crippen LogP contribution in [0.25, 0.3) is 22.4 Å². The van der Waals surface area contributed by atoms with Gasteiger partial charge in [0.25, 0.3) is 5.56 Å². The summed E-state index contributed by atoms with van der Waals surface area (Å²) in [5, 5.41) is 9.35. The fourth-order valence-corrected chi connectivity index (χ4v) is 3.86. The quantitative estimate of drug-likeness (QED) is 0.540. The largest absolute Gasteiger partial charge is 0.375 e. The molecule has 1 aliphatic rings. The maximum atomic E-state index is 12.9. The van der Waals surface area contributed by atoms with Gasteiger partial charge in [0.1, 0.15) is 12.4 Å². The standard InChI is InChI=1S/C18H17ClN6O2/c1-23-17-16(25-14(8-21-22-25)15(27-2)10-3-4-10)20-9-24(17)13-6-5-11(19)7-12(13)18(23)26/h5-10,15H,3-4H2,1-2H3. The third-order valence-electron chi connectivity index (χ3n) is 5.17. The molecular formula is C18H17ClN6O2. The average Bonchev–Trinajstić information content (AvgIpc) is 3.22. The van der Waals surface area contributed by atoms with Gasteiger partial charge in [0, 0.05) is 19.2 Å². The van der Waals surface area contributed by atoms with Crippen LogP contribution >= 0.6 is 11.6 Å². The molecule has 8 nitrogen and oxygen atoms in total. The smallest absolute Gasteiger partial charge is 0.261 e. The number of aryl methyl sites for hydroxylation is 1. The van der Waals surface area contributed by atoms with Gasteiger partial charge in [-0.1, -0.05) is 16.8 Å². The van der Waals surface area contributed by atoms with E-state index in [-0.39, 0.29) is 11.7 Å². The van der Waals surface area contributed by atoms with Gasteiger partial charge in [0.15, 0.2) is 11.5 Å². The van der Waals surface area contributed by atoms with Crippen molar-refractivity contribution in [1.29, 1.82) is 0 Å². The van der Waals surface area contributed by atoms with Crippen molar-refractivity contribution in [3.63, 3.8) is 0 Å². The Bertz CT molecular complexity index is 1240. The molecule has 4 aromatic rings. The number of benzene rings is 1. The van der Waals surface area contributed by atoms with E-state index < -0.39 is 0 Å². The van der Waals surface area contributed by atoms with Crippen molar-refractivity contribution >= 4 is 28.2 Å². The lowest BCUT2D eigenvalue weighted by atomic mass is 10.2. The molecule has 1 saturated carbocycles. The first kappa shape index (κ1) is 16.5. The highest BCUT2D eigenvalue weighted by Gasteiger charge is 2.35. The van der Waals surface area contributed by atoms with Crippen LogP contribution in [-0.4, -0.2) is 36.1 Å². The van der Waals surface area contributed by atoms with E-state index in [9.17, 15) is 4.79 Å². The zero-order valence-electron chi connectivity index (χ0n) is 14.8. The van der Waals surface area contributed by atoms with Crippen molar-refractivity contribution in [3.8, 4) is 5.82 Å². The van der Waals surface area contributed by atoms with Gasteiger partial charge in [-0.05, 0) is 37.0 Å². The normalized spacial score (nSPS) is 15.7. The van der Waals surface area contributed by atoms with Crippen LogP contribution in [0.4, 0.5) is 0 Å². The molecule has 9 heteroatoms. The molecule has 0 N–H and O–H groups in total. The summed E-state index contributed by atoms with van der Waals surface area (Å²) >= 11 is 6.08. The number of hydrogen-bond acceptors (Lipinski definition) is 5. The fourth-order valence-electron chi connectivity index (χ4n) is 3.69. The van der Waals surface area contributed by atoms with E-state index in [4.69, 9.17) is 16.3 Å². The molecule has 5 rings (SSSR count). The van der Waals surface area contributed by atoms with Crippen molar-refractivity contribution in [3.05, 3.63) is 51.8 Å². The molecule has 3 aromatic heterocycles. The number of ether oxygens (including phenoxy) is 1. The van der Waals surface area contributed by atoms with Crippen LogP contribution < -0.4 is 5.56 Å². The molecule has 0 aliphatic heterocycles. The number of nitrogens with zero attached hydrogens (tertiary/aromatic N) is 6. The number of halogens is 1. The number of fused-ring (bicyclic) bond motifs is 3. The number of methoxy groups -OCH3 is 1. The molecule has 0 bridgehead atoms. The number of imidazole rings is 1. The molecule has 1 atom stereocenters. The first-order chi connectivity index (χ1) is 13.1. The molecule has 138 valence electrons. The third-order valence-corrected chi connectivity index (χ3v) is 5.40. The fraction of sp³-hybridized carbons (Fsp3) is 0.333. The Balaban J connectivity index is 1.80. The molecule has 1 aliphatic carbocycles. The Morgan fingerprint density at radius 2 is 2.15 bits per heavy atom. The molecule has 1 aromatic carbocycles. The highest BCUT2D eigenvalue weighted by atomic mass is 35.5. The summed E-state index contributed by atoms with van der Waals surface area (Å²) < 4.78 is 10.8. The second-order valence-corrected chi connectivity index (χ2v) is 7.29. The molecule has 0 amide bonds. The topological polar surface area (TPSA) is 79.2 Å². The summed E-state index contributed by atoms with van der Waals surface area (Å²) in [6.07, 6.45) is 5.55. The Morgan fingerprint density at radius 1 is 1.33 bits per heavy atom. The van der Waals surface area contributed by atoms with Gasteiger partial charge in [-0.3, -0.25) is 13.8 Å². The SMILES string of the molecule is COC(c1cnnn1-c1ncn2c3ccc(Cl)cc3c(=O)n(C)c12)C1CC1. The molecule has 3 heterocycles. The number of hydrogen-bond donors (Lipinski definition) is 0. The Morgan fingerprint density at radius 3 is 2.89 bits per heavy atom. The Labute approximate surface area is 158 Å². The van der Waals surface area contributed by atoms with E-state index in [1.165, 1.54) is 0 Å². The van der Waals surface area contributed by atoms with Crippen LogP contribution in [0, 0.1) is 5.92 Å². The van der Waals surface area contributed by atoms with Crippen molar-refractivity contribution in [2.45, 2.75) is 18.9 Å². The number of rotatable bonds is 4. The van der Waals surface area contributed by atoms with Gasteiger partial charge in [-0.2, -0.15) is 4.68 Å². The second kappa shape index (κ2) is 5.90. The maximum Gasteiger partial charge on any atom is 0.261 e. The molecule has 1 unspecified atom stereocenters. The maximum absolute atomic E-state index is 12.9. The van der Waals surface area contributed by atoms with E-state index in [0.29, 0.717) is 27.8 Å². The summed E-state index contributed by atoms with van der Waals surface area (Å²) in [4.78, 5) is 17.4. The van der Waals surface area contributed by atoms with Crippen LogP contribution in [0.2, 0.25) is 5.02 Å². The summed E-state index contributed by atoms with van der Waals surface area (Å²) in [5.74, 6) is 1.01. The molecule has 0 saturated heterocycles. The van der Waals surface area contributed by atoms with Crippen molar-refractivity contribution in [2.24, 2.45) is 13.0 Å². The highest BCUT2D eigenvalue weighted by Crippen LogP contribution is 2.43. The lowest BCUT2D eigenvalue weighted by Crippen LogP contribution is -2.21. The van der Waals surface area contributed by atoms with Gasteiger partial charge >= 0.3 is 0 Å².